The van der Waals surface area contributed by atoms with Crippen LogP contribution in [0.15, 0.2) is 16.3 Å². The van der Waals surface area contributed by atoms with Crippen molar-refractivity contribution in [1.29, 1.82) is 0 Å². The van der Waals surface area contributed by atoms with Crippen LogP contribution in [0.1, 0.15) is 9.67 Å². The van der Waals surface area contributed by atoms with Crippen molar-refractivity contribution in [3.8, 4) is 0 Å². The van der Waals surface area contributed by atoms with Crippen molar-refractivity contribution >= 4 is 46.0 Å². The second-order valence-electron chi connectivity index (χ2n) is 1.61. The van der Waals surface area contributed by atoms with Gasteiger partial charge < -0.3 is 9.90 Å². The monoisotopic (exact) mass is 253 g/mol. The topological polar surface area (TPSA) is 40.1 Å². The highest BCUT2D eigenvalue weighted by atomic mass is 79.9. The zero-order valence-electron chi connectivity index (χ0n) is 5.70. The van der Waals surface area contributed by atoms with Crippen LogP contribution in [0, 0.1) is 0 Å². The van der Waals surface area contributed by atoms with Crippen LogP contribution in [0.2, 0.25) is 0 Å². The van der Waals surface area contributed by atoms with Gasteiger partial charge in [0.1, 0.15) is 0 Å². The number of rotatable bonds is 2. The quantitative estimate of drug-likeness (QED) is 0.749. The molecule has 0 fully saturated rings. The fraction of sp³-hybridized carbons (Fsp3) is 0.167. The van der Waals surface area contributed by atoms with Gasteiger partial charge in [0, 0.05) is 0 Å². The third-order valence-electron chi connectivity index (χ3n) is 0.984. The molecule has 0 aliphatic rings. The number of hydrogen-bond donors (Lipinski definition) is 0. The Labute approximate surface area is 83.4 Å². The van der Waals surface area contributed by atoms with E-state index >= 15 is 0 Å². The number of carboxylic acid groups (broad SMARTS) is 1. The SMILES string of the molecule is Br.CSc1ccc(C(=O)[O-])s1. The molecule has 0 atom stereocenters. The number of carbonyl (C=O) groups is 1. The molecule has 0 amide bonds. The molecule has 0 radical (unpaired) electrons. The van der Waals surface area contributed by atoms with Crippen LogP contribution in [-0.4, -0.2) is 12.2 Å². The molecule has 1 heterocycles. The fourth-order valence-electron chi connectivity index (χ4n) is 0.540. The second kappa shape index (κ2) is 4.79. The third-order valence-corrected chi connectivity index (χ3v) is 3.13. The summed E-state index contributed by atoms with van der Waals surface area (Å²) in [5.74, 6) is -1.09. The van der Waals surface area contributed by atoms with Crippen LogP contribution in [0.5, 0.6) is 0 Å². The number of carboxylic acids is 1. The average molecular weight is 254 g/mol. The van der Waals surface area contributed by atoms with Crippen LogP contribution < -0.4 is 5.11 Å². The molecule has 11 heavy (non-hydrogen) atoms. The molecule has 0 saturated heterocycles. The molecule has 1 aromatic heterocycles. The van der Waals surface area contributed by atoms with Crippen molar-refractivity contribution in [3.63, 3.8) is 0 Å². The lowest BCUT2D eigenvalue weighted by Crippen LogP contribution is -2.20. The Balaban J connectivity index is 0.000001000. The van der Waals surface area contributed by atoms with Crippen molar-refractivity contribution in [3.05, 3.63) is 17.0 Å². The Bertz CT molecular complexity index is 246. The average Bonchev–Trinajstić information content (AvgIpc) is 2.34. The van der Waals surface area contributed by atoms with Crippen LogP contribution in [0.4, 0.5) is 0 Å². The van der Waals surface area contributed by atoms with E-state index in [1.807, 2.05) is 6.26 Å². The Kier molecular flexibility index (Phi) is 4.79. The van der Waals surface area contributed by atoms with E-state index in [9.17, 15) is 9.90 Å². The second-order valence-corrected chi connectivity index (χ2v) is 3.80. The highest BCUT2D eigenvalue weighted by Crippen LogP contribution is 2.24. The molecule has 2 nitrogen and oxygen atoms in total. The summed E-state index contributed by atoms with van der Waals surface area (Å²) in [4.78, 5) is 10.5. The van der Waals surface area contributed by atoms with E-state index < -0.39 is 5.97 Å². The maximum atomic E-state index is 10.2. The minimum Gasteiger partial charge on any atom is -0.544 e. The van der Waals surface area contributed by atoms with Crippen LogP contribution in [0.3, 0.4) is 0 Å². The van der Waals surface area contributed by atoms with Crippen molar-refractivity contribution in [2.45, 2.75) is 4.21 Å². The van der Waals surface area contributed by atoms with E-state index in [2.05, 4.69) is 0 Å². The van der Waals surface area contributed by atoms with Gasteiger partial charge in [-0.3, -0.25) is 0 Å². The summed E-state index contributed by atoms with van der Waals surface area (Å²) in [6.07, 6.45) is 1.91. The van der Waals surface area contributed by atoms with Crippen molar-refractivity contribution < 1.29 is 9.90 Å². The Hall–Kier alpha value is -0.0000000000000000833. The Morgan fingerprint density at radius 2 is 2.27 bits per heavy atom. The third kappa shape index (κ3) is 2.84. The predicted octanol–water partition coefficient (Wildman–Crippen LogP) is 1.41. The van der Waals surface area contributed by atoms with E-state index in [4.69, 9.17) is 0 Å². The minimum atomic E-state index is -1.09. The molecule has 0 aromatic carbocycles. The normalized spacial score (nSPS) is 8.82. The van der Waals surface area contributed by atoms with E-state index in [-0.39, 0.29) is 17.0 Å². The molecule has 0 N–H and O–H groups in total. The standard InChI is InChI=1S/C6H6O2S2.BrH/c1-9-5-3-2-4(10-5)6(7)8;/h2-3H,1H3,(H,7,8);1H/p-1. The summed E-state index contributed by atoms with van der Waals surface area (Å²) in [6, 6.07) is 3.34. The van der Waals surface area contributed by atoms with E-state index in [1.54, 1.807) is 12.1 Å². The van der Waals surface area contributed by atoms with Gasteiger partial charge >= 0.3 is 0 Å². The van der Waals surface area contributed by atoms with E-state index in [0.29, 0.717) is 4.88 Å². The van der Waals surface area contributed by atoms with Gasteiger partial charge in [0.25, 0.3) is 0 Å². The Morgan fingerprint density at radius 1 is 1.64 bits per heavy atom. The summed E-state index contributed by atoms with van der Waals surface area (Å²) < 4.78 is 0.999. The summed E-state index contributed by atoms with van der Waals surface area (Å²) in [5, 5.41) is 10.2. The van der Waals surface area contributed by atoms with Crippen molar-refractivity contribution in [1.82, 2.24) is 0 Å². The largest absolute Gasteiger partial charge is 0.544 e. The maximum absolute atomic E-state index is 10.2. The van der Waals surface area contributed by atoms with Gasteiger partial charge in [0.15, 0.2) is 0 Å². The Morgan fingerprint density at radius 3 is 2.55 bits per heavy atom. The number of aromatic carboxylic acids is 1. The molecule has 0 bridgehead atoms. The number of thiophene rings is 1. The summed E-state index contributed by atoms with van der Waals surface area (Å²) in [6.45, 7) is 0. The highest BCUT2D eigenvalue weighted by Gasteiger charge is 1.97. The molecule has 1 aromatic rings. The van der Waals surface area contributed by atoms with Crippen molar-refractivity contribution in [2.24, 2.45) is 0 Å². The minimum absolute atomic E-state index is 0. The molecule has 0 aliphatic carbocycles. The smallest absolute Gasteiger partial charge is 0.0815 e. The first kappa shape index (κ1) is 11.0. The fourth-order valence-corrected chi connectivity index (χ4v) is 1.92. The van der Waals surface area contributed by atoms with Gasteiger partial charge in [0.2, 0.25) is 0 Å². The molecule has 0 unspecified atom stereocenters. The molecule has 0 aliphatic heterocycles. The zero-order valence-corrected chi connectivity index (χ0v) is 9.04. The molecule has 0 spiro atoms. The van der Waals surface area contributed by atoms with Gasteiger partial charge in [0.05, 0.1) is 15.1 Å². The lowest BCUT2D eigenvalue weighted by Gasteiger charge is -1.92. The van der Waals surface area contributed by atoms with Gasteiger partial charge in [-0.2, -0.15) is 0 Å². The van der Waals surface area contributed by atoms with E-state index in [1.165, 1.54) is 23.1 Å². The van der Waals surface area contributed by atoms with Gasteiger partial charge in [-0.1, -0.05) is 0 Å². The van der Waals surface area contributed by atoms with Gasteiger partial charge in [-0.15, -0.1) is 40.1 Å². The highest BCUT2D eigenvalue weighted by molar-refractivity contribution is 8.93. The lowest BCUT2D eigenvalue weighted by atomic mass is 10.5. The predicted molar refractivity (Wildman–Crippen MR) is 50.8 cm³/mol. The van der Waals surface area contributed by atoms with Crippen LogP contribution in [-0.2, 0) is 0 Å². The first-order chi connectivity index (χ1) is 4.74. The number of thioether (sulfide) groups is 1. The molecule has 62 valence electrons. The van der Waals surface area contributed by atoms with Crippen LogP contribution >= 0.6 is 40.1 Å². The molecular weight excluding hydrogens is 248 g/mol. The maximum Gasteiger partial charge on any atom is 0.0815 e. The first-order valence-electron chi connectivity index (χ1n) is 2.59. The number of carbonyl (C=O) groups excluding carboxylic acids is 1. The summed E-state index contributed by atoms with van der Waals surface area (Å²) in [7, 11) is 0. The first-order valence-corrected chi connectivity index (χ1v) is 4.63. The molecule has 5 heteroatoms. The van der Waals surface area contributed by atoms with Crippen molar-refractivity contribution in [2.75, 3.05) is 6.26 Å². The molecule has 0 saturated carbocycles. The van der Waals surface area contributed by atoms with Gasteiger partial charge in [-0.05, 0) is 18.4 Å². The van der Waals surface area contributed by atoms with Gasteiger partial charge in [-0.25, -0.2) is 0 Å². The molecule has 1 rings (SSSR count). The lowest BCUT2D eigenvalue weighted by molar-refractivity contribution is -0.254. The summed E-state index contributed by atoms with van der Waals surface area (Å²) in [5.41, 5.74) is 0. The van der Waals surface area contributed by atoms with Crippen LogP contribution in [0.25, 0.3) is 0 Å². The zero-order chi connectivity index (χ0) is 7.56. The summed E-state index contributed by atoms with van der Waals surface area (Å²) >= 11 is 2.78. The molecular formula is C6H6BrO2S2-. The number of hydrogen-bond acceptors (Lipinski definition) is 4. The number of halogens is 1. The van der Waals surface area contributed by atoms with E-state index in [0.717, 1.165) is 4.21 Å².